The monoisotopic (exact) mass is 262 g/mol. The minimum absolute atomic E-state index is 0.0916. The Morgan fingerprint density at radius 2 is 2.16 bits per heavy atom. The van der Waals surface area contributed by atoms with Crippen LogP contribution < -0.4 is 5.32 Å². The van der Waals surface area contributed by atoms with Gasteiger partial charge >= 0.3 is 0 Å². The van der Waals surface area contributed by atoms with Gasteiger partial charge in [-0.25, -0.2) is 4.98 Å². The molecule has 1 aliphatic heterocycles. The lowest BCUT2D eigenvalue weighted by molar-refractivity contribution is -0.148. The number of hydrogen-bond acceptors (Lipinski definition) is 4. The molecule has 3 rings (SSSR count). The van der Waals surface area contributed by atoms with Crippen molar-refractivity contribution in [2.45, 2.75) is 44.3 Å². The van der Waals surface area contributed by atoms with Gasteiger partial charge in [0.05, 0.1) is 18.1 Å². The number of carbonyl (C=O) groups is 2. The lowest BCUT2D eigenvalue weighted by atomic mass is 10.0. The van der Waals surface area contributed by atoms with Crippen molar-refractivity contribution in [1.82, 2.24) is 19.8 Å². The summed E-state index contributed by atoms with van der Waals surface area (Å²) in [7, 11) is 1.55. The van der Waals surface area contributed by atoms with E-state index in [1.807, 2.05) is 12.5 Å². The van der Waals surface area contributed by atoms with Crippen LogP contribution in [0, 0.1) is 0 Å². The molecule has 1 saturated heterocycles. The normalized spacial score (nSPS) is 24.1. The van der Waals surface area contributed by atoms with E-state index in [1.54, 1.807) is 7.05 Å². The van der Waals surface area contributed by atoms with Crippen LogP contribution in [0.15, 0.2) is 12.5 Å². The molecular formula is C13H18N4O2. The minimum Gasteiger partial charge on any atom is -0.330 e. The highest BCUT2D eigenvalue weighted by atomic mass is 16.2. The van der Waals surface area contributed by atoms with E-state index in [4.69, 9.17) is 0 Å². The number of aromatic nitrogens is 2. The summed E-state index contributed by atoms with van der Waals surface area (Å²) in [6.07, 6.45) is 7.13. The third kappa shape index (κ3) is 2.40. The van der Waals surface area contributed by atoms with E-state index in [1.165, 1.54) is 17.7 Å². The number of imide groups is 1. The van der Waals surface area contributed by atoms with Crippen LogP contribution in [0.3, 0.4) is 0 Å². The predicted octanol–water partition coefficient (Wildman–Crippen LogP) is 0.455. The number of nitrogens with zero attached hydrogens (tertiary/aromatic N) is 3. The van der Waals surface area contributed by atoms with Crippen LogP contribution in [0.1, 0.15) is 37.4 Å². The van der Waals surface area contributed by atoms with E-state index in [2.05, 4.69) is 14.9 Å². The Hall–Kier alpha value is -1.69. The number of carbonyl (C=O) groups excluding carboxylic acids is 2. The number of likely N-dealkylation sites (tertiary alicyclic amines) is 1. The number of hydrogen-bond donors (Lipinski definition) is 1. The van der Waals surface area contributed by atoms with Crippen molar-refractivity contribution >= 4 is 11.8 Å². The van der Waals surface area contributed by atoms with Crippen molar-refractivity contribution in [2.75, 3.05) is 7.05 Å². The third-order valence-electron chi connectivity index (χ3n) is 3.87. The molecular weight excluding hydrogens is 244 g/mol. The molecule has 6 nitrogen and oxygen atoms in total. The first-order valence-electron chi connectivity index (χ1n) is 6.71. The van der Waals surface area contributed by atoms with Crippen molar-refractivity contribution in [3.8, 4) is 0 Å². The number of piperidine rings is 1. The molecule has 0 radical (unpaired) electrons. The van der Waals surface area contributed by atoms with Gasteiger partial charge < -0.3 is 9.88 Å². The quantitative estimate of drug-likeness (QED) is 0.800. The van der Waals surface area contributed by atoms with Gasteiger partial charge in [0.2, 0.25) is 11.8 Å². The smallest absolute Gasteiger partial charge is 0.246 e. The maximum Gasteiger partial charge on any atom is 0.246 e. The van der Waals surface area contributed by atoms with Crippen molar-refractivity contribution in [2.24, 2.45) is 0 Å². The van der Waals surface area contributed by atoms with Crippen LogP contribution in [0.4, 0.5) is 0 Å². The number of likely N-dealkylation sites (N-methyl/N-ethyl adjacent to an activating group) is 1. The minimum atomic E-state index is -0.259. The molecule has 2 aliphatic rings. The van der Waals surface area contributed by atoms with Crippen molar-refractivity contribution in [3.63, 3.8) is 0 Å². The maximum absolute atomic E-state index is 11.9. The molecule has 1 aromatic heterocycles. The largest absolute Gasteiger partial charge is 0.330 e. The van der Waals surface area contributed by atoms with E-state index >= 15 is 0 Å². The zero-order chi connectivity index (χ0) is 13.4. The molecule has 0 bridgehead atoms. The highest BCUT2D eigenvalue weighted by Crippen LogP contribution is 2.35. The summed E-state index contributed by atoms with van der Waals surface area (Å²) in [4.78, 5) is 28.7. The molecule has 0 spiro atoms. The first-order valence-corrected chi connectivity index (χ1v) is 6.71. The third-order valence-corrected chi connectivity index (χ3v) is 3.87. The summed E-state index contributed by atoms with van der Waals surface area (Å²) in [5.74, 6) is -0.222. The van der Waals surface area contributed by atoms with E-state index in [0.29, 0.717) is 25.4 Å². The fourth-order valence-electron chi connectivity index (χ4n) is 2.48. The zero-order valence-electron chi connectivity index (χ0n) is 11.0. The van der Waals surface area contributed by atoms with Crippen molar-refractivity contribution in [3.05, 3.63) is 18.2 Å². The average molecular weight is 262 g/mol. The van der Waals surface area contributed by atoms with Crippen molar-refractivity contribution < 1.29 is 9.59 Å². The van der Waals surface area contributed by atoms with E-state index in [0.717, 1.165) is 5.69 Å². The zero-order valence-corrected chi connectivity index (χ0v) is 11.0. The Labute approximate surface area is 111 Å². The number of nitrogens with one attached hydrogen (secondary N) is 1. The standard InChI is InChI=1S/C13H18N4O2/c1-16-12(18)5-4-11(13(16)19)15-7-10-6-14-8-17(10)9-2-3-9/h6,8-9,11,15H,2-5,7H2,1H3. The predicted molar refractivity (Wildman–Crippen MR) is 68.1 cm³/mol. The van der Waals surface area contributed by atoms with Gasteiger partial charge in [0, 0.05) is 32.3 Å². The molecule has 1 aliphatic carbocycles. The Balaban J connectivity index is 1.61. The second-order valence-electron chi connectivity index (χ2n) is 5.29. The van der Waals surface area contributed by atoms with E-state index in [9.17, 15) is 9.59 Å². The highest BCUT2D eigenvalue weighted by Gasteiger charge is 2.32. The molecule has 2 heterocycles. The summed E-state index contributed by atoms with van der Waals surface area (Å²) in [5.41, 5.74) is 1.11. The average Bonchev–Trinajstić information content (AvgIpc) is 3.15. The molecule has 19 heavy (non-hydrogen) atoms. The second-order valence-corrected chi connectivity index (χ2v) is 5.29. The number of rotatable bonds is 4. The Morgan fingerprint density at radius 3 is 2.89 bits per heavy atom. The maximum atomic E-state index is 11.9. The lowest BCUT2D eigenvalue weighted by Crippen LogP contribution is -2.51. The van der Waals surface area contributed by atoms with Gasteiger partial charge in [-0.2, -0.15) is 0 Å². The summed E-state index contributed by atoms with van der Waals surface area (Å²) >= 11 is 0. The highest BCUT2D eigenvalue weighted by molar-refractivity contribution is 6.00. The molecule has 6 heteroatoms. The van der Waals surface area contributed by atoms with Gasteiger partial charge in [-0.05, 0) is 19.3 Å². The molecule has 1 aromatic rings. The van der Waals surface area contributed by atoms with Gasteiger partial charge in [-0.1, -0.05) is 0 Å². The molecule has 2 amide bonds. The Kier molecular flexibility index (Phi) is 3.10. The van der Waals surface area contributed by atoms with Crippen LogP contribution >= 0.6 is 0 Å². The fourth-order valence-corrected chi connectivity index (χ4v) is 2.48. The molecule has 1 N–H and O–H groups in total. The topological polar surface area (TPSA) is 67.2 Å². The van der Waals surface area contributed by atoms with Gasteiger partial charge in [0.25, 0.3) is 0 Å². The molecule has 1 saturated carbocycles. The van der Waals surface area contributed by atoms with Gasteiger partial charge in [0.1, 0.15) is 0 Å². The summed E-state index contributed by atoms with van der Waals surface area (Å²) in [6.45, 7) is 0.620. The van der Waals surface area contributed by atoms with E-state index < -0.39 is 0 Å². The van der Waals surface area contributed by atoms with Gasteiger partial charge in [-0.15, -0.1) is 0 Å². The Bertz CT molecular complexity index is 506. The van der Waals surface area contributed by atoms with Crippen LogP contribution in [0.5, 0.6) is 0 Å². The van der Waals surface area contributed by atoms with Crippen LogP contribution in [-0.2, 0) is 16.1 Å². The van der Waals surface area contributed by atoms with Crippen molar-refractivity contribution in [1.29, 1.82) is 0 Å². The second kappa shape index (κ2) is 4.77. The van der Waals surface area contributed by atoms with Gasteiger partial charge in [-0.3, -0.25) is 14.5 Å². The summed E-state index contributed by atoms with van der Waals surface area (Å²) < 4.78 is 2.18. The number of amides is 2. The first-order chi connectivity index (χ1) is 9.16. The van der Waals surface area contributed by atoms with E-state index in [-0.39, 0.29) is 17.9 Å². The van der Waals surface area contributed by atoms with Gasteiger partial charge in [0.15, 0.2) is 0 Å². The molecule has 102 valence electrons. The molecule has 2 fully saturated rings. The lowest BCUT2D eigenvalue weighted by Gasteiger charge is -2.28. The molecule has 0 aromatic carbocycles. The van der Waals surface area contributed by atoms with Crippen LogP contribution in [0.25, 0.3) is 0 Å². The summed E-state index contributed by atoms with van der Waals surface area (Å²) in [6, 6.07) is 0.330. The summed E-state index contributed by atoms with van der Waals surface area (Å²) in [5, 5.41) is 3.24. The number of imidazole rings is 1. The fraction of sp³-hybridized carbons (Fsp3) is 0.615. The first kappa shape index (κ1) is 12.3. The molecule has 1 atom stereocenters. The Morgan fingerprint density at radius 1 is 1.37 bits per heavy atom. The molecule has 1 unspecified atom stereocenters. The van der Waals surface area contributed by atoms with Crippen LogP contribution in [-0.4, -0.2) is 39.4 Å². The van der Waals surface area contributed by atoms with Crippen LogP contribution in [0.2, 0.25) is 0 Å². The SMILES string of the molecule is CN1C(=O)CCC(NCc2cncn2C2CC2)C1=O.